The van der Waals surface area contributed by atoms with Gasteiger partial charge >= 0.3 is 6.09 Å². The van der Waals surface area contributed by atoms with Gasteiger partial charge in [0, 0.05) is 26.1 Å². The molecule has 192 valence electrons. The van der Waals surface area contributed by atoms with Crippen molar-refractivity contribution >= 4 is 23.5 Å². The molecule has 1 aliphatic carbocycles. The van der Waals surface area contributed by atoms with E-state index < -0.39 is 23.7 Å². The average molecular weight is 495 g/mol. The number of carbonyl (C=O) groups excluding carboxylic acids is 3. The summed E-state index contributed by atoms with van der Waals surface area (Å²) in [7, 11) is 0. The number of hydroxylamine groups is 2. The molecule has 1 N–H and O–H groups in total. The van der Waals surface area contributed by atoms with Crippen molar-refractivity contribution in [3.05, 3.63) is 66.2 Å². The Kier molecular flexibility index (Phi) is 7.91. The molecule has 1 aliphatic heterocycles. The summed E-state index contributed by atoms with van der Waals surface area (Å²) in [6.45, 7) is 7.50. The lowest BCUT2D eigenvalue weighted by molar-refractivity contribution is -0.245. The molecule has 2 aromatic rings. The number of carbonyl (C=O) groups is 3. The third-order valence-electron chi connectivity index (χ3n) is 5.92. The SMILES string of the molecule is CC(C)(C)ON1CCN(C(=O)OCc2ccccc2)C(CN(Nc2ccccc2)C(=O)C2CC2=O)C1. The van der Waals surface area contributed by atoms with Gasteiger partial charge in [0.2, 0.25) is 0 Å². The molecule has 0 aromatic heterocycles. The second-order valence-electron chi connectivity index (χ2n) is 10.1. The van der Waals surface area contributed by atoms with E-state index in [4.69, 9.17) is 9.57 Å². The van der Waals surface area contributed by atoms with Gasteiger partial charge in [-0.25, -0.2) is 4.79 Å². The molecule has 2 fully saturated rings. The van der Waals surface area contributed by atoms with E-state index in [-0.39, 0.29) is 31.3 Å². The van der Waals surface area contributed by atoms with Gasteiger partial charge in [0.15, 0.2) is 0 Å². The molecular formula is C27H34N4O5. The quantitative estimate of drug-likeness (QED) is 0.444. The summed E-state index contributed by atoms with van der Waals surface area (Å²) >= 11 is 0. The number of Topliss-reactive ketones (excluding diaryl/α,β-unsaturated/α-hetero) is 1. The molecule has 2 amide bonds. The Morgan fingerprint density at radius 1 is 1.03 bits per heavy atom. The number of piperazine rings is 1. The summed E-state index contributed by atoms with van der Waals surface area (Å²) in [5.74, 6) is -0.999. The van der Waals surface area contributed by atoms with Crippen LogP contribution in [0.4, 0.5) is 10.5 Å². The Labute approximate surface area is 211 Å². The zero-order valence-corrected chi connectivity index (χ0v) is 21.1. The largest absolute Gasteiger partial charge is 0.445 e. The fourth-order valence-corrected chi connectivity index (χ4v) is 4.12. The summed E-state index contributed by atoms with van der Waals surface area (Å²) in [6.07, 6.45) is -0.202. The van der Waals surface area contributed by atoms with Crippen molar-refractivity contribution in [1.82, 2.24) is 15.0 Å². The molecule has 1 heterocycles. The van der Waals surface area contributed by atoms with Crippen LogP contribution in [0.2, 0.25) is 0 Å². The van der Waals surface area contributed by atoms with E-state index in [2.05, 4.69) is 5.43 Å². The van der Waals surface area contributed by atoms with Crippen molar-refractivity contribution in [3.8, 4) is 0 Å². The molecule has 2 unspecified atom stereocenters. The van der Waals surface area contributed by atoms with Gasteiger partial charge in [-0.05, 0) is 38.5 Å². The van der Waals surface area contributed by atoms with Crippen molar-refractivity contribution in [2.24, 2.45) is 5.92 Å². The number of hydrazine groups is 1. The molecule has 0 spiro atoms. The fourth-order valence-electron chi connectivity index (χ4n) is 4.12. The normalized spacial score (nSPS) is 20.1. The highest BCUT2D eigenvalue weighted by Gasteiger charge is 2.45. The second-order valence-corrected chi connectivity index (χ2v) is 10.1. The number of rotatable bonds is 8. The van der Waals surface area contributed by atoms with E-state index in [9.17, 15) is 14.4 Å². The number of hydrogen-bond acceptors (Lipinski definition) is 7. The Hall–Kier alpha value is -3.43. The van der Waals surface area contributed by atoms with Crippen molar-refractivity contribution in [2.45, 2.75) is 45.4 Å². The van der Waals surface area contributed by atoms with Crippen LogP contribution in [0.25, 0.3) is 0 Å². The molecule has 0 bridgehead atoms. The Bertz CT molecular complexity index is 1060. The maximum atomic E-state index is 13.2. The van der Waals surface area contributed by atoms with Gasteiger partial charge in [0.25, 0.3) is 5.91 Å². The molecule has 2 atom stereocenters. The molecule has 2 aromatic carbocycles. The van der Waals surface area contributed by atoms with Crippen LogP contribution in [-0.4, -0.2) is 70.6 Å². The summed E-state index contributed by atoms with van der Waals surface area (Å²) in [5.41, 5.74) is 4.35. The van der Waals surface area contributed by atoms with Gasteiger partial charge in [-0.15, -0.1) is 0 Å². The maximum absolute atomic E-state index is 13.2. The van der Waals surface area contributed by atoms with Crippen LogP contribution in [0.1, 0.15) is 32.8 Å². The highest BCUT2D eigenvalue weighted by atomic mass is 16.7. The summed E-state index contributed by atoms with van der Waals surface area (Å²) < 4.78 is 5.62. The van der Waals surface area contributed by atoms with Crippen LogP contribution in [0.5, 0.6) is 0 Å². The summed E-state index contributed by atoms with van der Waals surface area (Å²) in [4.78, 5) is 45.8. The van der Waals surface area contributed by atoms with E-state index in [1.54, 1.807) is 4.90 Å². The number of ketones is 1. The number of ether oxygens (including phenoxy) is 1. The Morgan fingerprint density at radius 2 is 1.67 bits per heavy atom. The first-order valence-corrected chi connectivity index (χ1v) is 12.3. The molecule has 4 rings (SSSR count). The third kappa shape index (κ3) is 7.05. The van der Waals surface area contributed by atoms with Crippen molar-refractivity contribution < 1.29 is 24.0 Å². The van der Waals surface area contributed by atoms with Crippen LogP contribution in [-0.2, 0) is 25.8 Å². The van der Waals surface area contributed by atoms with Crippen molar-refractivity contribution in [2.75, 3.05) is 31.6 Å². The summed E-state index contributed by atoms with van der Waals surface area (Å²) in [6, 6.07) is 18.4. The summed E-state index contributed by atoms with van der Waals surface area (Å²) in [5, 5.41) is 3.28. The smallest absolute Gasteiger partial charge is 0.410 e. The van der Waals surface area contributed by atoms with Crippen LogP contribution < -0.4 is 5.43 Å². The van der Waals surface area contributed by atoms with Crippen LogP contribution in [0.15, 0.2) is 60.7 Å². The number of nitrogens with zero attached hydrogens (tertiary/aromatic N) is 3. The highest BCUT2D eigenvalue weighted by Crippen LogP contribution is 2.27. The lowest BCUT2D eigenvalue weighted by atomic mass is 10.1. The van der Waals surface area contributed by atoms with E-state index in [1.807, 2.05) is 86.5 Å². The number of para-hydroxylation sites is 1. The van der Waals surface area contributed by atoms with Crippen molar-refractivity contribution in [3.63, 3.8) is 0 Å². The monoisotopic (exact) mass is 494 g/mol. The lowest BCUT2D eigenvalue weighted by Gasteiger charge is -2.43. The predicted octanol–water partition coefficient (Wildman–Crippen LogP) is 3.48. The zero-order valence-electron chi connectivity index (χ0n) is 21.1. The number of anilines is 1. The van der Waals surface area contributed by atoms with Crippen molar-refractivity contribution in [1.29, 1.82) is 0 Å². The first-order valence-electron chi connectivity index (χ1n) is 12.3. The first kappa shape index (κ1) is 25.7. The van der Waals surface area contributed by atoms with Gasteiger partial charge in [-0.1, -0.05) is 48.5 Å². The van der Waals surface area contributed by atoms with Gasteiger partial charge in [-0.2, -0.15) is 5.06 Å². The molecule has 1 saturated carbocycles. The fraction of sp³-hybridized carbons (Fsp3) is 0.444. The lowest BCUT2D eigenvalue weighted by Crippen LogP contribution is -2.60. The molecule has 36 heavy (non-hydrogen) atoms. The van der Waals surface area contributed by atoms with E-state index in [1.165, 1.54) is 5.01 Å². The number of benzene rings is 2. The first-order chi connectivity index (χ1) is 17.2. The van der Waals surface area contributed by atoms with Gasteiger partial charge in [0.05, 0.1) is 23.9 Å². The van der Waals surface area contributed by atoms with Gasteiger partial charge in [0.1, 0.15) is 18.3 Å². The molecule has 2 aliphatic rings. The molecular weight excluding hydrogens is 460 g/mol. The number of hydrogen-bond donors (Lipinski definition) is 1. The van der Waals surface area contributed by atoms with Gasteiger partial charge in [-0.3, -0.25) is 24.9 Å². The predicted molar refractivity (Wildman–Crippen MR) is 134 cm³/mol. The number of nitrogens with one attached hydrogen (secondary N) is 1. The Morgan fingerprint density at radius 3 is 2.28 bits per heavy atom. The highest BCUT2D eigenvalue weighted by molar-refractivity contribution is 6.14. The standard InChI is InChI=1S/C27H34N4O5/c1-27(2,3)36-29-14-15-30(26(34)35-19-20-10-6-4-7-11-20)22(17-29)18-31(25(33)23-16-24(23)32)28-21-12-8-5-9-13-21/h4-13,22-23,28H,14-19H2,1-3H3. The minimum Gasteiger partial charge on any atom is -0.445 e. The van der Waals surface area contributed by atoms with Crippen LogP contribution in [0.3, 0.4) is 0 Å². The average Bonchev–Trinajstić information content (AvgIpc) is 3.58. The van der Waals surface area contributed by atoms with E-state index >= 15 is 0 Å². The molecule has 1 saturated heterocycles. The minimum absolute atomic E-state index is 0.0691. The minimum atomic E-state index is -0.634. The topological polar surface area (TPSA) is 91.4 Å². The van der Waals surface area contributed by atoms with E-state index in [0.717, 1.165) is 11.3 Å². The molecule has 9 nitrogen and oxygen atoms in total. The van der Waals surface area contributed by atoms with Gasteiger partial charge < -0.3 is 9.64 Å². The third-order valence-corrected chi connectivity index (χ3v) is 5.92. The maximum Gasteiger partial charge on any atom is 0.410 e. The zero-order chi connectivity index (χ0) is 25.7. The second kappa shape index (κ2) is 11.1. The Balaban J connectivity index is 1.51. The number of amides is 2. The van der Waals surface area contributed by atoms with E-state index in [0.29, 0.717) is 19.6 Å². The molecule has 0 radical (unpaired) electrons. The molecule has 9 heteroatoms. The van der Waals surface area contributed by atoms with Crippen LogP contribution >= 0.6 is 0 Å². The van der Waals surface area contributed by atoms with Crippen LogP contribution in [0, 0.1) is 5.92 Å².